The molecule has 0 aromatic rings. The van der Waals surface area contributed by atoms with Crippen LogP contribution in [0.4, 0.5) is 4.79 Å². The van der Waals surface area contributed by atoms with Crippen LogP contribution in [0.2, 0.25) is 0 Å². The highest BCUT2D eigenvalue weighted by atomic mass is 16.5. The smallest absolute Gasteiger partial charge is 0.317 e. The van der Waals surface area contributed by atoms with E-state index in [4.69, 9.17) is 15.1 Å². The Balaban J connectivity index is 2.05. The molecule has 7 heteroatoms. The Labute approximate surface area is 118 Å². The molecule has 1 fully saturated rings. The van der Waals surface area contributed by atoms with Gasteiger partial charge in [0.15, 0.2) is 6.10 Å². The van der Waals surface area contributed by atoms with Crippen molar-refractivity contribution < 1.29 is 19.4 Å². The molecule has 0 aliphatic carbocycles. The highest BCUT2D eigenvalue weighted by Crippen LogP contribution is 2.05. The van der Waals surface area contributed by atoms with E-state index in [0.29, 0.717) is 32.7 Å². The van der Waals surface area contributed by atoms with E-state index in [1.807, 2.05) is 6.07 Å². The van der Waals surface area contributed by atoms with E-state index in [0.717, 1.165) is 19.3 Å². The number of aliphatic carboxylic acids is 1. The Morgan fingerprint density at radius 2 is 2.10 bits per heavy atom. The first-order chi connectivity index (χ1) is 9.63. The van der Waals surface area contributed by atoms with Gasteiger partial charge in [-0.1, -0.05) is 12.8 Å². The summed E-state index contributed by atoms with van der Waals surface area (Å²) in [5, 5.41) is 20.0. The number of rotatable bonds is 7. The number of nitrogens with one attached hydrogen (secondary N) is 1. The first kappa shape index (κ1) is 16.2. The highest BCUT2D eigenvalue weighted by Gasteiger charge is 2.23. The molecule has 7 nitrogen and oxygen atoms in total. The minimum Gasteiger partial charge on any atom is -0.481 e. The number of amides is 2. The molecule has 2 amide bonds. The maximum atomic E-state index is 11.8. The number of morpholine rings is 1. The lowest BCUT2D eigenvalue weighted by molar-refractivity contribution is -0.137. The minimum atomic E-state index is -0.766. The van der Waals surface area contributed by atoms with Crippen molar-refractivity contribution in [2.75, 3.05) is 26.2 Å². The molecule has 1 saturated heterocycles. The fourth-order valence-corrected chi connectivity index (χ4v) is 1.97. The standard InChI is InChI=1S/C13H21N3O4/c14-9-11-10-16(7-8-20-11)13(19)15-6-4-2-1-3-5-12(17)18/h11H,1-8,10H2,(H,15,19)(H,17,18). The topological polar surface area (TPSA) is 103 Å². The van der Waals surface area contributed by atoms with Crippen molar-refractivity contribution in [3.8, 4) is 6.07 Å². The molecule has 0 aromatic heterocycles. The van der Waals surface area contributed by atoms with Gasteiger partial charge in [-0.15, -0.1) is 0 Å². The normalized spacial score (nSPS) is 18.4. The summed E-state index contributed by atoms with van der Waals surface area (Å²) in [5.74, 6) is -0.766. The molecule has 112 valence electrons. The van der Waals surface area contributed by atoms with Crippen LogP contribution in [0, 0.1) is 11.3 Å². The molecule has 1 atom stereocenters. The van der Waals surface area contributed by atoms with Gasteiger partial charge in [0.25, 0.3) is 0 Å². The molecular formula is C13H21N3O4. The van der Waals surface area contributed by atoms with Gasteiger partial charge < -0.3 is 20.1 Å². The maximum absolute atomic E-state index is 11.8. The Morgan fingerprint density at radius 1 is 1.35 bits per heavy atom. The number of carbonyl (C=O) groups excluding carboxylic acids is 1. The lowest BCUT2D eigenvalue weighted by Crippen LogP contribution is -2.49. The first-order valence-corrected chi connectivity index (χ1v) is 6.89. The number of hydrogen-bond acceptors (Lipinski definition) is 4. The van der Waals surface area contributed by atoms with Crippen LogP contribution >= 0.6 is 0 Å². The zero-order valence-corrected chi connectivity index (χ0v) is 11.5. The van der Waals surface area contributed by atoms with Crippen molar-refractivity contribution in [1.82, 2.24) is 10.2 Å². The number of ether oxygens (including phenoxy) is 1. The quantitative estimate of drug-likeness (QED) is 0.677. The summed E-state index contributed by atoms with van der Waals surface area (Å²) in [6, 6.07) is 1.83. The summed E-state index contributed by atoms with van der Waals surface area (Å²) in [4.78, 5) is 23.7. The van der Waals surface area contributed by atoms with E-state index in [9.17, 15) is 9.59 Å². The Bertz CT molecular complexity index is 367. The molecule has 0 bridgehead atoms. The fourth-order valence-electron chi connectivity index (χ4n) is 1.97. The largest absolute Gasteiger partial charge is 0.481 e. The van der Waals surface area contributed by atoms with Gasteiger partial charge in [-0.2, -0.15) is 5.26 Å². The van der Waals surface area contributed by atoms with Crippen molar-refractivity contribution in [3.05, 3.63) is 0 Å². The number of carboxylic acid groups (broad SMARTS) is 1. The van der Waals surface area contributed by atoms with E-state index in [-0.39, 0.29) is 12.5 Å². The number of hydrogen-bond donors (Lipinski definition) is 2. The minimum absolute atomic E-state index is 0.168. The molecule has 0 aromatic carbocycles. The molecule has 20 heavy (non-hydrogen) atoms. The van der Waals surface area contributed by atoms with Gasteiger partial charge in [0.1, 0.15) is 0 Å². The fraction of sp³-hybridized carbons (Fsp3) is 0.769. The maximum Gasteiger partial charge on any atom is 0.317 e. The van der Waals surface area contributed by atoms with Crippen LogP contribution in [0.25, 0.3) is 0 Å². The SMILES string of the molecule is N#CC1CN(C(=O)NCCCCCCC(=O)O)CCO1. The monoisotopic (exact) mass is 283 g/mol. The Hall–Kier alpha value is -1.81. The Morgan fingerprint density at radius 3 is 2.80 bits per heavy atom. The van der Waals surface area contributed by atoms with Gasteiger partial charge in [0, 0.05) is 19.5 Å². The van der Waals surface area contributed by atoms with Gasteiger partial charge in [-0.25, -0.2) is 4.79 Å². The summed E-state index contributed by atoms with van der Waals surface area (Å²) in [5.41, 5.74) is 0. The molecule has 0 radical (unpaired) electrons. The second kappa shape index (κ2) is 9.15. The molecule has 0 spiro atoms. The van der Waals surface area contributed by atoms with Crippen molar-refractivity contribution in [2.24, 2.45) is 0 Å². The van der Waals surface area contributed by atoms with E-state index >= 15 is 0 Å². The van der Waals surface area contributed by atoms with Crippen molar-refractivity contribution in [1.29, 1.82) is 5.26 Å². The van der Waals surface area contributed by atoms with Crippen LogP contribution in [-0.2, 0) is 9.53 Å². The van der Waals surface area contributed by atoms with Gasteiger partial charge in [0.05, 0.1) is 19.2 Å². The summed E-state index contributed by atoms with van der Waals surface area (Å²) >= 11 is 0. The molecule has 2 N–H and O–H groups in total. The third-order valence-electron chi connectivity index (χ3n) is 3.09. The Kier molecular flexibility index (Phi) is 7.43. The van der Waals surface area contributed by atoms with E-state index < -0.39 is 12.1 Å². The number of urea groups is 1. The van der Waals surface area contributed by atoms with Gasteiger partial charge in [0.2, 0.25) is 0 Å². The number of unbranched alkanes of at least 4 members (excludes halogenated alkanes) is 3. The molecule has 1 rings (SSSR count). The first-order valence-electron chi connectivity index (χ1n) is 6.89. The van der Waals surface area contributed by atoms with Crippen molar-refractivity contribution in [3.63, 3.8) is 0 Å². The summed E-state index contributed by atoms with van der Waals surface area (Å²) < 4.78 is 5.17. The van der Waals surface area contributed by atoms with Crippen molar-refractivity contribution >= 4 is 12.0 Å². The predicted molar refractivity (Wildman–Crippen MR) is 71.0 cm³/mol. The van der Waals surface area contributed by atoms with Crippen LogP contribution in [0.3, 0.4) is 0 Å². The van der Waals surface area contributed by atoms with Gasteiger partial charge in [-0.05, 0) is 12.8 Å². The molecule has 1 aliphatic rings. The van der Waals surface area contributed by atoms with Gasteiger partial charge in [-0.3, -0.25) is 4.79 Å². The van der Waals surface area contributed by atoms with Crippen LogP contribution in [0.1, 0.15) is 32.1 Å². The summed E-state index contributed by atoms with van der Waals surface area (Å²) in [7, 11) is 0. The van der Waals surface area contributed by atoms with E-state index in [2.05, 4.69) is 5.32 Å². The second-order valence-electron chi connectivity index (χ2n) is 4.72. The van der Waals surface area contributed by atoms with Gasteiger partial charge >= 0.3 is 12.0 Å². The zero-order chi connectivity index (χ0) is 14.8. The molecule has 1 aliphatic heterocycles. The van der Waals surface area contributed by atoms with Crippen molar-refractivity contribution in [2.45, 2.75) is 38.2 Å². The average molecular weight is 283 g/mol. The number of nitriles is 1. The van der Waals surface area contributed by atoms with E-state index in [1.54, 1.807) is 4.90 Å². The molecular weight excluding hydrogens is 262 g/mol. The van der Waals surface area contributed by atoms with Crippen LogP contribution in [0.15, 0.2) is 0 Å². The lowest BCUT2D eigenvalue weighted by atomic mass is 10.1. The summed E-state index contributed by atoms with van der Waals surface area (Å²) in [6.45, 7) is 1.77. The third kappa shape index (κ3) is 6.38. The number of carboxylic acids is 1. The highest BCUT2D eigenvalue weighted by molar-refractivity contribution is 5.74. The van der Waals surface area contributed by atoms with Crippen LogP contribution in [0.5, 0.6) is 0 Å². The average Bonchev–Trinajstić information content (AvgIpc) is 2.45. The molecule has 1 heterocycles. The van der Waals surface area contributed by atoms with E-state index in [1.165, 1.54) is 0 Å². The van der Waals surface area contributed by atoms with Crippen LogP contribution in [-0.4, -0.2) is 54.4 Å². The number of carbonyl (C=O) groups is 2. The second-order valence-corrected chi connectivity index (χ2v) is 4.72. The summed E-state index contributed by atoms with van der Waals surface area (Å²) in [6.07, 6.45) is 2.93. The third-order valence-corrected chi connectivity index (χ3v) is 3.09. The zero-order valence-electron chi connectivity index (χ0n) is 11.5. The van der Waals surface area contributed by atoms with Crippen LogP contribution < -0.4 is 5.32 Å². The number of nitrogens with zero attached hydrogens (tertiary/aromatic N) is 2. The molecule has 0 saturated carbocycles. The lowest BCUT2D eigenvalue weighted by Gasteiger charge is -2.29. The predicted octanol–water partition coefficient (Wildman–Crippen LogP) is 0.955. The molecule has 1 unspecified atom stereocenters.